The fourth-order valence-electron chi connectivity index (χ4n) is 4.43. The van der Waals surface area contributed by atoms with Crippen LogP contribution >= 0.6 is 22.9 Å². The van der Waals surface area contributed by atoms with Gasteiger partial charge in [0.25, 0.3) is 0 Å². The van der Waals surface area contributed by atoms with E-state index in [1.807, 2.05) is 19.1 Å². The van der Waals surface area contributed by atoms with E-state index in [9.17, 15) is 13.2 Å². The molecule has 1 atom stereocenters. The number of anilines is 1. The van der Waals surface area contributed by atoms with Crippen molar-refractivity contribution in [1.82, 2.24) is 14.3 Å². The highest BCUT2D eigenvalue weighted by Crippen LogP contribution is 2.40. The molecule has 0 N–H and O–H groups in total. The van der Waals surface area contributed by atoms with E-state index in [0.717, 1.165) is 11.1 Å². The second kappa shape index (κ2) is 10.4. The Hall–Kier alpha value is -3.05. The van der Waals surface area contributed by atoms with Gasteiger partial charge in [-0.1, -0.05) is 40.6 Å². The first kappa shape index (κ1) is 25.6. The molecule has 1 amide bonds. The van der Waals surface area contributed by atoms with Crippen LogP contribution in [0.2, 0.25) is 5.02 Å². The molecule has 1 unspecified atom stereocenters. The molecule has 1 aliphatic heterocycles. The monoisotopic (exact) mass is 556 g/mol. The number of ether oxygens (including phenoxy) is 1. The molecule has 2 aromatic heterocycles. The van der Waals surface area contributed by atoms with Crippen LogP contribution in [0.5, 0.6) is 5.75 Å². The van der Waals surface area contributed by atoms with E-state index < -0.39 is 16.1 Å². The van der Waals surface area contributed by atoms with Crippen LogP contribution in [0, 0.1) is 6.92 Å². The number of hydrogen-bond donors (Lipinski definition) is 0. The lowest BCUT2D eigenvalue weighted by atomic mass is 10.2. The van der Waals surface area contributed by atoms with E-state index in [2.05, 4.69) is 4.98 Å². The fourth-order valence-corrected chi connectivity index (χ4v) is 7.34. The Balaban J connectivity index is 1.55. The minimum atomic E-state index is -3.86. The molecule has 2 aromatic carbocycles. The van der Waals surface area contributed by atoms with Gasteiger partial charge in [-0.15, -0.1) is 0 Å². The number of benzene rings is 2. The van der Waals surface area contributed by atoms with Crippen molar-refractivity contribution in [2.24, 2.45) is 0 Å². The first-order chi connectivity index (χ1) is 17.8. The molecule has 1 saturated heterocycles. The van der Waals surface area contributed by atoms with Gasteiger partial charge in [0.2, 0.25) is 15.9 Å². The highest BCUT2D eigenvalue weighted by molar-refractivity contribution is 7.89. The number of carbonyl (C=O) groups excluding carboxylic acids is 1. The SMILES string of the molecule is COc1ccc(Cl)c2sc(N(Cc3ccncc3)C(=O)C3CCCN3S(=O)(=O)c3ccc(C)cc3)nc12. The summed E-state index contributed by atoms with van der Waals surface area (Å²) in [5.74, 6) is 0.210. The van der Waals surface area contributed by atoms with Crippen LogP contribution in [0.15, 0.2) is 65.8 Å². The van der Waals surface area contributed by atoms with Crippen LogP contribution in [0.4, 0.5) is 5.13 Å². The van der Waals surface area contributed by atoms with Gasteiger partial charge in [0.05, 0.1) is 28.3 Å². The number of rotatable bonds is 7. The molecule has 5 rings (SSSR count). The number of aryl methyl sites for hydroxylation is 1. The van der Waals surface area contributed by atoms with Gasteiger partial charge in [0, 0.05) is 18.9 Å². The Labute approximate surface area is 224 Å². The average Bonchev–Trinajstić information content (AvgIpc) is 3.57. The number of amides is 1. The maximum absolute atomic E-state index is 14.1. The zero-order valence-corrected chi connectivity index (χ0v) is 22.7. The van der Waals surface area contributed by atoms with E-state index in [4.69, 9.17) is 21.3 Å². The third kappa shape index (κ3) is 4.94. The predicted octanol–water partition coefficient (Wildman–Crippen LogP) is 5.05. The minimum absolute atomic E-state index is 0.176. The number of nitrogens with zero attached hydrogens (tertiary/aromatic N) is 4. The number of fused-ring (bicyclic) bond motifs is 1. The Morgan fingerprint density at radius 1 is 1.16 bits per heavy atom. The molecule has 4 aromatic rings. The van der Waals surface area contributed by atoms with E-state index in [1.165, 1.54) is 15.6 Å². The maximum Gasteiger partial charge on any atom is 0.247 e. The number of thiazole rings is 1. The predicted molar refractivity (Wildman–Crippen MR) is 145 cm³/mol. The molecule has 37 heavy (non-hydrogen) atoms. The minimum Gasteiger partial charge on any atom is -0.494 e. The van der Waals surface area contributed by atoms with Crippen LogP contribution in [0.1, 0.15) is 24.0 Å². The number of pyridine rings is 1. The van der Waals surface area contributed by atoms with Crippen LogP contribution in [0.25, 0.3) is 10.2 Å². The first-order valence-corrected chi connectivity index (χ1v) is 14.3. The molecule has 11 heteroatoms. The Morgan fingerprint density at radius 3 is 2.59 bits per heavy atom. The van der Waals surface area contributed by atoms with Crippen molar-refractivity contribution in [3.8, 4) is 5.75 Å². The third-order valence-corrected chi connectivity index (χ3v) is 9.83. The lowest BCUT2D eigenvalue weighted by molar-refractivity contribution is -0.121. The van der Waals surface area contributed by atoms with Gasteiger partial charge >= 0.3 is 0 Å². The number of carbonyl (C=O) groups is 1. The van der Waals surface area contributed by atoms with Gasteiger partial charge in [-0.05, 0) is 61.7 Å². The molecule has 0 bridgehead atoms. The number of sulfonamides is 1. The molecule has 0 aliphatic carbocycles. The van der Waals surface area contributed by atoms with E-state index in [-0.39, 0.29) is 23.9 Å². The normalized spacial score (nSPS) is 16.2. The highest BCUT2D eigenvalue weighted by atomic mass is 35.5. The standard InChI is InChI=1S/C26H25ClN4O4S2/c1-17-5-7-19(8-6-17)37(33,34)31-15-3-4-21(31)25(32)30(16-18-11-13-28-14-12-18)26-29-23-22(35-2)10-9-20(27)24(23)36-26/h5-14,21H,3-4,15-16H2,1-2H3. The lowest BCUT2D eigenvalue weighted by Gasteiger charge is -2.28. The highest BCUT2D eigenvalue weighted by Gasteiger charge is 2.42. The first-order valence-electron chi connectivity index (χ1n) is 11.7. The van der Waals surface area contributed by atoms with Gasteiger partial charge in [0.1, 0.15) is 17.3 Å². The summed E-state index contributed by atoms with van der Waals surface area (Å²) in [6.45, 7) is 2.38. The van der Waals surface area contributed by atoms with Crippen molar-refractivity contribution in [3.05, 3.63) is 77.1 Å². The summed E-state index contributed by atoms with van der Waals surface area (Å²) in [7, 11) is -2.31. The smallest absolute Gasteiger partial charge is 0.247 e. The molecule has 0 spiro atoms. The van der Waals surface area contributed by atoms with Crippen molar-refractivity contribution < 1.29 is 17.9 Å². The lowest BCUT2D eigenvalue weighted by Crippen LogP contribution is -2.47. The largest absolute Gasteiger partial charge is 0.494 e. The second-order valence-electron chi connectivity index (χ2n) is 8.79. The zero-order valence-electron chi connectivity index (χ0n) is 20.3. The van der Waals surface area contributed by atoms with Gasteiger partial charge < -0.3 is 4.74 Å². The van der Waals surface area contributed by atoms with Crippen molar-refractivity contribution >= 4 is 54.2 Å². The summed E-state index contributed by atoms with van der Waals surface area (Å²) < 4.78 is 34.6. The number of aromatic nitrogens is 2. The summed E-state index contributed by atoms with van der Waals surface area (Å²) in [5.41, 5.74) is 2.35. The molecule has 0 radical (unpaired) electrons. The van der Waals surface area contributed by atoms with Gasteiger partial charge in [0.15, 0.2) is 5.13 Å². The molecule has 8 nitrogen and oxygen atoms in total. The van der Waals surface area contributed by atoms with E-state index >= 15 is 0 Å². The molecular formula is C26H25ClN4O4S2. The quantitative estimate of drug-likeness (QED) is 0.316. The topological polar surface area (TPSA) is 92.7 Å². The summed E-state index contributed by atoms with van der Waals surface area (Å²) in [5, 5.41) is 0.920. The fraction of sp³-hybridized carbons (Fsp3) is 0.269. The van der Waals surface area contributed by atoms with E-state index in [1.54, 1.807) is 60.8 Å². The van der Waals surface area contributed by atoms with Crippen molar-refractivity contribution in [3.63, 3.8) is 0 Å². The van der Waals surface area contributed by atoms with Crippen LogP contribution in [-0.2, 0) is 21.4 Å². The number of halogens is 1. The maximum atomic E-state index is 14.1. The number of hydrogen-bond acceptors (Lipinski definition) is 7. The molecule has 192 valence electrons. The van der Waals surface area contributed by atoms with Gasteiger partial charge in [-0.3, -0.25) is 14.7 Å². The molecule has 1 fully saturated rings. The van der Waals surface area contributed by atoms with Crippen LogP contribution in [-0.4, -0.2) is 48.3 Å². The third-order valence-electron chi connectivity index (χ3n) is 6.37. The van der Waals surface area contributed by atoms with E-state index in [0.29, 0.717) is 39.0 Å². The van der Waals surface area contributed by atoms with Crippen molar-refractivity contribution in [2.75, 3.05) is 18.6 Å². The van der Waals surface area contributed by atoms with Gasteiger partial charge in [-0.25, -0.2) is 13.4 Å². The molecule has 3 heterocycles. The number of methoxy groups -OCH3 is 1. The Bertz CT molecular complexity index is 1540. The molecule has 1 aliphatic rings. The van der Waals surface area contributed by atoms with Crippen LogP contribution in [0.3, 0.4) is 0 Å². The average molecular weight is 557 g/mol. The van der Waals surface area contributed by atoms with Crippen molar-refractivity contribution in [1.29, 1.82) is 0 Å². The summed E-state index contributed by atoms with van der Waals surface area (Å²) in [4.78, 5) is 24.6. The summed E-state index contributed by atoms with van der Waals surface area (Å²) >= 11 is 7.72. The van der Waals surface area contributed by atoms with Crippen LogP contribution < -0.4 is 9.64 Å². The Morgan fingerprint density at radius 2 is 1.89 bits per heavy atom. The Kier molecular flexibility index (Phi) is 7.17. The molecule has 0 saturated carbocycles. The van der Waals surface area contributed by atoms with Gasteiger partial charge in [-0.2, -0.15) is 4.31 Å². The second-order valence-corrected chi connectivity index (χ2v) is 12.1. The summed E-state index contributed by atoms with van der Waals surface area (Å²) in [6, 6.07) is 12.9. The van der Waals surface area contributed by atoms with Crippen molar-refractivity contribution in [2.45, 2.75) is 37.2 Å². The zero-order chi connectivity index (χ0) is 26.2. The summed E-state index contributed by atoms with van der Waals surface area (Å²) in [6.07, 6.45) is 4.32. The molecular weight excluding hydrogens is 532 g/mol.